The molecule has 37 heavy (non-hydrogen) atoms. The van der Waals surface area contributed by atoms with Crippen LogP contribution in [0.4, 0.5) is 13.2 Å². The van der Waals surface area contributed by atoms with E-state index in [1.807, 2.05) is 12.1 Å². The van der Waals surface area contributed by atoms with Gasteiger partial charge in [0, 0.05) is 30.6 Å². The first kappa shape index (κ1) is 25.6. The van der Waals surface area contributed by atoms with Gasteiger partial charge in [-0.25, -0.2) is 0 Å². The fourth-order valence-corrected chi connectivity index (χ4v) is 6.22. The third-order valence-corrected chi connectivity index (χ3v) is 8.11. The summed E-state index contributed by atoms with van der Waals surface area (Å²) in [6, 6.07) is 13.1. The van der Waals surface area contributed by atoms with Gasteiger partial charge in [-0.3, -0.25) is 4.79 Å². The van der Waals surface area contributed by atoms with E-state index < -0.39 is 6.36 Å². The molecule has 0 aromatic heterocycles. The summed E-state index contributed by atoms with van der Waals surface area (Å²) >= 11 is 0. The monoisotopic (exact) mass is 514 g/mol. The van der Waals surface area contributed by atoms with Gasteiger partial charge in [-0.05, 0) is 98.4 Å². The molecule has 2 aromatic rings. The lowest BCUT2D eigenvalue weighted by Crippen LogP contribution is -2.56. The third-order valence-electron chi connectivity index (χ3n) is 8.11. The van der Waals surface area contributed by atoms with Gasteiger partial charge in [0.2, 0.25) is 5.91 Å². The quantitative estimate of drug-likeness (QED) is 0.470. The Labute approximate surface area is 215 Å². The number of nitrogens with zero attached hydrogens (tertiary/aromatic N) is 1. The van der Waals surface area contributed by atoms with E-state index in [1.165, 1.54) is 49.7 Å². The smallest absolute Gasteiger partial charge is 0.508 e. The summed E-state index contributed by atoms with van der Waals surface area (Å²) in [5.41, 5.74) is 1.47. The number of aromatic hydroxyl groups is 1. The van der Waals surface area contributed by atoms with E-state index in [9.17, 15) is 23.1 Å². The van der Waals surface area contributed by atoms with E-state index in [0.717, 1.165) is 50.3 Å². The number of amides is 1. The highest BCUT2D eigenvalue weighted by atomic mass is 19.4. The second kappa shape index (κ2) is 10.4. The van der Waals surface area contributed by atoms with Crippen LogP contribution >= 0.6 is 0 Å². The molecule has 2 N–H and O–H groups in total. The van der Waals surface area contributed by atoms with Gasteiger partial charge in [-0.1, -0.05) is 24.3 Å². The summed E-state index contributed by atoms with van der Waals surface area (Å²) < 4.78 is 41.5. The Morgan fingerprint density at radius 1 is 1.14 bits per heavy atom. The fourth-order valence-electron chi connectivity index (χ4n) is 6.22. The van der Waals surface area contributed by atoms with Crippen LogP contribution < -0.4 is 10.1 Å². The number of phenols is 1. The maximum atomic E-state index is 12.8. The van der Waals surface area contributed by atoms with Crippen molar-refractivity contribution in [2.45, 2.75) is 56.3 Å². The van der Waals surface area contributed by atoms with E-state index in [1.54, 1.807) is 12.1 Å². The van der Waals surface area contributed by atoms with Gasteiger partial charge in [0.15, 0.2) is 0 Å². The highest BCUT2D eigenvalue weighted by Crippen LogP contribution is 2.50. The molecule has 1 heterocycles. The molecule has 1 saturated heterocycles. The number of benzene rings is 2. The Kier molecular flexibility index (Phi) is 7.21. The van der Waals surface area contributed by atoms with Crippen LogP contribution in [-0.2, 0) is 10.2 Å². The molecule has 3 fully saturated rings. The zero-order chi connectivity index (χ0) is 26.0. The van der Waals surface area contributed by atoms with Gasteiger partial charge in [-0.15, -0.1) is 13.2 Å². The van der Waals surface area contributed by atoms with E-state index in [-0.39, 0.29) is 28.9 Å². The van der Waals surface area contributed by atoms with Gasteiger partial charge in [0.25, 0.3) is 0 Å². The average Bonchev–Trinajstić information content (AvgIpc) is 3.66. The number of hydrogen-bond donors (Lipinski definition) is 2. The van der Waals surface area contributed by atoms with E-state index in [4.69, 9.17) is 0 Å². The predicted molar refractivity (Wildman–Crippen MR) is 135 cm³/mol. The number of carbonyl (C=O) groups is 1. The minimum atomic E-state index is -4.77. The number of fused-ring (bicyclic) bond motifs is 1. The van der Waals surface area contributed by atoms with Gasteiger partial charge in [0.05, 0.1) is 0 Å². The molecule has 0 spiro atoms. The molecule has 198 valence electrons. The summed E-state index contributed by atoms with van der Waals surface area (Å²) in [6.07, 6.45) is 4.40. The molecule has 1 amide bonds. The van der Waals surface area contributed by atoms with Crippen LogP contribution in [0.25, 0.3) is 6.08 Å². The van der Waals surface area contributed by atoms with Crippen LogP contribution in [0.1, 0.15) is 49.7 Å². The largest absolute Gasteiger partial charge is 0.573 e. The van der Waals surface area contributed by atoms with Gasteiger partial charge in [0.1, 0.15) is 11.5 Å². The maximum absolute atomic E-state index is 12.8. The minimum Gasteiger partial charge on any atom is -0.508 e. The SMILES string of the molecule is O=C(/C=C/c1cccc(OC(F)(F)F)c1)NC1CCC2CN(CC3CC3)CCC2(c2cccc(O)c2)C1. The van der Waals surface area contributed by atoms with E-state index >= 15 is 0 Å². The number of nitrogens with one attached hydrogen (secondary N) is 1. The number of carbonyl (C=O) groups excluding carboxylic acids is 1. The van der Waals surface area contributed by atoms with Crippen molar-refractivity contribution in [3.05, 3.63) is 65.7 Å². The molecule has 3 unspecified atom stereocenters. The number of rotatable bonds is 7. The molecule has 5 rings (SSSR count). The van der Waals surface area contributed by atoms with Crippen LogP contribution in [-0.4, -0.2) is 48.0 Å². The van der Waals surface area contributed by atoms with Crippen molar-refractivity contribution in [3.63, 3.8) is 0 Å². The number of piperidine rings is 1. The van der Waals surface area contributed by atoms with Crippen LogP contribution in [0, 0.1) is 11.8 Å². The van der Waals surface area contributed by atoms with Crippen LogP contribution in [0.3, 0.4) is 0 Å². The zero-order valence-electron chi connectivity index (χ0n) is 20.7. The molecule has 0 bridgehead atoms. The molecule has 3 atom stereocenters. The van der Waals surface area contributed by atoms with Crippen LogP contribution in [0.2, 0.25) is 0 Å². The first-order chi connectivity index (χ1) is 17.7. The van der Waals surface area contributed by atoms with Gasteiger partial charge >= 0.3 is 6.36 Å². The van der Waals surface area contributed by atoms with Gasteiger partial charge < -0.3 is 20.1 Å². The van der Waals surface area contributed by atoms with Crippen molar-refractivity contribution in [3.8, 4) is 11.5 Å². The Balaban J connectivity index is 1.27. The lowest BCUT2D eigenvalue weighted by molar-refractivity contribution is -0.274. The summed E-state index contributed by atoms with van der Waals surface area (Å²) in [7, 11) is 0. The minimum absolute atomic E-state index is 0.0226. The summed E-state index contributed by atoms with van der Waals surface area (Å²) in [5.74, 6) is 0.965. The average molecular weight is 515 g/mol. The Morgan fingerprint density at radius 2 is 1.95 bits per heavy atom. The van der Waals surface area contributed by atoms with Crippen LogP contribution in [0.15, 0.2) is 54.6 Å². The molecular formula is C29H33F3N2O3. The summed E-state index contributed by atoms with van der Waals surface area (Å²) in [4.78, 5) is 15.4. The van der Waals surface area contributed by atoms with Gasteiger partial charge in [-0.2, -0.15) is 0 Å². The first-order valence-corrected chi connectivity index (χ1v) is 13.0. The van der Waals surface area contributed by atoms with Crippen molar-refractivity contribution in [2.24, 2.45) is 11.8 Å². The molecule has 2 saturated carbocycles. The van der Waals surface area contributed by atoms with Crippen molar-refractivity contribution < 1.29 is 27.8 Å². The number of halogens is 3. The Morgan fingerprint density at radius 3 is 2.70 bits per heavy atom. The number of likely N-dealkylation sites (tertiary alicyclic amines) is 1. The lowest BCUT2D eigenvalue weighted by Gasteiger charge is -2.53. The normalized spacial score (nSPS) is 26.6. The number of ether oxygens (including phenoxy) is 1. The predicted octanol–water partition coefficient (Wildman–Crippen LogP) is 5.64. The molecule has 3 aliphatic rings. The van der Waals surface area contributed by atoms with Crippen molar-refractivity contribution in [2.75, 3.05) is 19.6 Å². The van der Waals surface area contributed by atoms with Crippen molar-refractivity contribution >= 4 is 12.0 Å². The summed E-state index contributed by atoms with van der Waals surface area (Å²) in [6.45, 7) is 3.23. The molecular weight excluding hydrogens is 481 g/mol. The van der Waals surface area contributed by atoms with Crippen molar-refractivity contribution in [1.82, 2.24) is 10.2 Å². The topological polar surface area (TPSA) is 61.8 Å². The van der Waals surface area contributed by atoms with E-state index in [2.05, 4.69) is 21.0 Å². The lowest BCUT2D eigenvalue weighted by atomic mass is 9.58. The number of alkyl halides is 3. The highest BCUT2D eigenvalue weighted by molar-refractivity contribution is 5.92. The third kappa shape index (κ3) is 6.47. The second-order valence-corrected chi connectivity index (χ2v) is 10.8. The Hall–Kier alpha value is -3.00. The van der Waals surface area contributed by atoms with E-state index in [0.29, 0.717) is 11.5 Å². The molecule has 0 radical (unpaired) electrons. The molecule has 2 aliphatic carbocycles. The highest BCUT2D eigenvalue weighted by Gasteiger charge is 2.48. The van der Waals surface area contributed by atoms with Crippen LogP contribution in [0.5, 0.6) is 11.5 Å². The molecule has 5 nitrogen and oxygen atoms in total. The van der Waals surface area contributed by atoms with Crippen molar-refractivity contribution in [1.29, 1.82) is 0 Å². The number of hydrogen-bond acceptors (Lipinski definition) is 4. The maximum Gasteiger partial charge on any atom is 0.573 e. The summed E-state index contributed by atoms with van der Waals surface area (Å²) in [5, 5.41) is 13.3. The molecule has 1 aliphatic heterocycles. The second-order valence-electron chi connectivity index (χ2n) is 10.8. The fraction of sp³-hybridized carbons (Fsp3) is 0.483. The number of phenolic OH excluding ortho intramolecular Hbond substituents is 1. The zero-order valence-corrected chi connectivity index (χ0v) is 20.7. The Bertz CT molecular complexity index is 1150. The molecule has 8 heteroatoms. The first-order valence-electron chi connectivity index (χ1n) is 13.0. The standard InChI is InChI=1S/C29H33F3N2O3/c30-29(31,32)37-26-6-1-3-20(15-26)9-12-27(36)33-24-11-10-23-19-34(18-21-7-8-21)14-13-28(23,17-24)22-4-2-5-25(35)16-22/h1-6,9,12,15-16,21,23-24,35H,7-8,10-11,13-14,17-19H2,(H,33,36)/b12-9+. The molecule has 2 aromatic carbocycles.